The summed E-state index contributed by atoms with van der Waals surface area (Å²) in [5.74, 6) is 0.414. The van der Waals surface area contributed by atoms with E-state index in [2.05, 4.69) is 15.6 Å². The summed E-state index contributed by atoms with van der Waals surface area (Å²) in [6.07, 6.45) is 4.89. The molecule has 3 N–H and O–H groups in total. The molecule has 1 aromatic heterocycles. The van der Waals surface area contributed by atoms with E-state index in [-0.39, 0.29) is 18.0 Å². The monoisotopic (exact) mass is 277 g/mol. The average Bonchev–Trinajstić information content (AvgIpc) is 2.41. The minimum atomic E-state index is -0.439. The van der Waals surface area contributed by atoms with E-state index < -0.39 is 6.10 Å². The number of pyridine rings is 1. The second-order valence-electron chi connectivity index (χ2n) is 5.63. The van der Waals surface area contributed by atoms with E-state index in [1.807, 2.05) is 13.8 Å². The number of anilines is 1. The van der Waals surface area contributed by atoms with Gasteiger partial charge in [-0.1, -0.05) is 12.8 Å². The Labute approximate surface area is 119 Å². The number of aliphatic hydroxyl groups excluding tert-OH is 1. The second kappa shape index (κ2) is 6.70. The summed E-state index contributed by atoms with van der Waals surface area (Å²) in [5.41, 5.74) is 0.527. The predicted octanol–water partition coefficient (Wildman–Crippen LogP) is 1.94. The normalized spacial score (nSPS) is 22.6. The van der Waals surface area contributed by atoms with Gasteiger partial charge in [0.15, 0.2) is 0 Å². The van der Waals surface area contributed by atoms with Crippen LogP contribution < -0.4 is 10.6 Å². The Morgan fingerprint density at radius 3 is 2.85 bits per heavy atom. The molecular formula is C15H23N3O2. The van der Waals surface area contributed by atoms with Gasteiger partial charge in [-0.25, -0.2) is 4.98 Å². The van der Waals surface area contributed by atoms with Crippen molar-refractivity contribution in [2.75, 3.05) is 5.32 Å². The van der Waals surface area contributed by atoms with Gasteiger partial charge < -0.3 is 15.7 Å². The molecule has 0 radical (unpaired) electrons. The summed E-state index contributed by atoms with van der Waals surface area (Å²) in [6.45, 7) is 4.00. The summed E-state index contributed by atoms with van der Waals surface area (Å²) >= 11 is 0. The van der Waals surface area contributed by atoms with Crippen molar-refractivity contribution < 1.29 is 9.90 Å². The van der Waals surface area contributed by atoms with Crippen molar-refractivity contribution in [1.82, 2.24) is 10.3 Å². The SMILES string of the molecule is CC(C)Nc1ncccc1C(=O)NC1CCCCC1O. The molecule has 0 saturated heterocycles. The molecule has 5 heteroatoms. The third-order valence-corrected chi connectivity index (χ3v) is 3.52. The van der Waals surface area contributed by atoms with Crippen LogP contribution in [0.5, 0.6) is 0 Å². The largest absolute Gasteiger partial charge is 0.391 e. The second-order valence-corrected chi connectivity index (χ2v) is 5.63. The quantitative estimate of drug-likeness (QED) is 0.786. The highest BCUT2D eigenvalue weighted by atomic mass is 16.3. The number of rotatable bonds is 4. The van der Waals surface area contributed by atoms with E-state index in [1.54, 1.807) is 18.3 Å². The van der Waals surface area contributed by atoms with Crippen molar-refractivity contribution in [3.8, 4) is 0 Å². The van der Waals surface area contributed by atoms with Crippen molar-refractivity contribution in [3.63, 3.8) is 0 Å². The molecule has 2 rings (SSSR count). The Morgan fingerprint density at radius 1 is 1.40 bits per heavy atom. The fraction of sp³-hybridized carbons (Fsp3) is 0.600. The molecule has 110 valence electrons. The van der Waals surface area contributed by atoms with E-state index in [0.717, 1.165) is 25.7 Å². The Morgan fingerprint density at radius 2 is 2.15 bits per heavy atom. The van der Waals surface area contributed by atoms with Gasteiger partial charge in [-0.3, -0.25) is 4.79 Å². The van der Waals surface area contributed by atoms with Crippen molar-refractivity contribution in [3.05, 3.63) is 23.9 Å². The first kappa shape index (κ1) is 14.8. The van der Waals surface area contributed by atoms with Gasteiger partial charge in [0.25, 0.3) is 5.91 Å². The highest BCUT2D eigenvalue weighted by Gasteiger charge is 2.25. The lowest BCUT2D eigenvalue weighted by Gasteiger charge is -2.28. The van der Waals surface area contributed by atoms with Gasteiger partial charge in [0.1, 0.15) is 5.82 Å². The summed E-state index contributed by atoms with van der Waals surface area (Å²) < 4.78 is 0. The molecule has 2 unspecified atom stereocenters. The van der Waals surface area contributed by atoms with Crippen molar-refractivity contribution >= 4 is 11.7 Å². The topological polar surface area (TPSA) is 74.2 Å². The maximum atomic E-state index is 12.4. The van der Waals surface area contributed by atoms with Crippen LogP contribution in [0.4, 0.5) is 5.82 Å². The minimum Gasteiger partial charge on any atom is -0.391 e. The number of amides is 1. The summed E-state index contributed by atoms with van der Waals surface area (Å²) in [4.78, 5) is 16.6. The zero-order chi connectivity index (χ0) is 14.5. The maximum Gasteiger partial charge on any atom is 0.255 e. The zero-order valence-electron chi connectivity index (χ0n) is 12.1. The van der Waals surface area contributed by atoms with Gasteiger partial charge in [-0.2, -0.15) is 0 Å². The lowest BCUT2D eigenvalue weighted by molar-refractivity contribution is 0.0717. The molecule has 5 nitrogen and oxygen atoms in total. The molecular weight excluding hydrogens is 254 g/mol. The molecule has 2 atom stereocenters. The fourth-order valence-electron chi connectivity index (χ4n) is 2.50. The molecule has 1 heterocycles. The van der Waals surface area contributed by atoms with E-state index in [0.29, 0.717) is 11.4 Å². The summed E-state index contributed by atoms with van der Waals surface area (Å²) in [5, 5.41) is 16.0. The molecule has 1 aromatic rings. The molecule has 0 bridgehead atoms. The maximum absolute atomic E-state index is 12.4. The molecule has 1 amide bonds. The Hall–Kier alpha value is -1.62. The van der Waals surface area contributed by atoms with Crippen LogP contribution in [0.1, 0.15) is 49.9 Å². The average molecular weight is 277 g/mol. The third-order valence-electron chi connectivity index (χ3n) is 3.52. The first-order valence-corrected chi connectivity index (χ1v) is 7.28. The number of carbonyl (C=O) groups is 1. The van der Waals surface area contributed by atoms with Crippen LogP contribution >= 0.6 is 0 Å². The van der Waals surface area contributed by atoms with Gasteiger partial charge >= 0.3 is 0 Å². The molecule has 1 saturated carbocycles. The highest BCUT2D eigenvalue weighted by molar-refractivity contribution is 5.98. The number of aromatic nitrogens is 1. The fourth-order valence-corrected chi connectivity index (χ4v) is 2.50. The molecule has 1 fully saturated rings. The summed E-state index contributed by atoms with van der Waals surface area (Å²) in [7, 11) is 0. The lowest BCUT2D eigenvalue weighted by atomic mass is 9.92. The molecule has 1 aliphatic carbocycles. The summed E-state index contributed by atoms with van der Waals surface area (Å²) in [6, 6.07) is 3.56. The van der Waals surface area contributed by atoms with Gasteiger partial charge in [-0.05, 0) is 38.8 Å². The van der Waals surface area contributed by atoms with Crippen molar-refractivity contribution in [1.29, 1.82) is 0 Å². The van der Waals surface area contributed by atoms with Crippen molar-refractivity contribution in [2.24, 2.45) is 0 Å². The van der Waals surface area contributed by atoms with Crippen LogP contribution in [0, 0.1) is 0 Å². The Balaban J connectivity index is 2.08. The van der Waals surface area contributed by atoms with Crippen LogP contribution in [0.15, 0.2) is 18.3 Å². The van der Waals surface area contributed by atoms with Crippen LogP contribution in [0.3, 0.4) is 0 Å². The molecule has 0 aliphatic heterocycles. The van der Waals surface area contributed by atoms with E-state index in [1.165, 1.54) is 0 Å². The number of nitrogens with zero attached hydrogens (tertiary/aromatic N) is 1. The van der Waals surface area contributed by atoms with Crippen molar-refractivity contribution in [2.45, 2.75) is 57.7 Å². The molecule has 0 aromatic carbocycles. The number of carbonyl (C=O) groups excluding carboxylic acids is 1. The zero-order valence-corrected chi connectivity index (χ0v) is 12.1. The predicted molar refractivity (Wildman–Crippen MR) is 78.7 cm³/mol. The lowest BCUT2D eigenvalue weighted by Crippen LogP contribution is -2.45. The Kier molecular flexibility index (Phi) is 4.95. The van der Waals surface area contributed by atoms with Crippen LogP contribution in [0.2, 0.25) is 0 Å². The Bertz CT molecular complexity index is 462. The minimum absolute atomic E-state index is 0.150. The smallest absolute Gasteiger partial charge is 0.255 e. The van der Waals surface area contributed by atoms with Gasteiger partial charge in [-0.15, -0.1) is 0 Å². The number of nitrogens with one attached hydrogen (secondary N) is 2. The first-order chi connectivity index (χ1) is 9.58. The van der Waals surface area contributed by atoms with Crippen LogP contribution in [0.25, 0.3) is 0 Å². The van der Waals surface area contributed by atoms with E-state index in [9.17, 15) is 9.90 Å². The first-order valence-electron chi connectivity index (χ1n) is 7.28. The van der Waals surface area contributed by atoms with Gasteiger partial charge in [0.2, 0.25) is 0 Å². The number of aliphatic hydroxyl groups is 1. The standard InChI is InChI=1S/C15H23N3O2/c1-10(2)17-14-11(6-5-9-16-14)15(20)18-12-7-3-4-8-13(12)19/h5-6,9-10,12-13,19H,3-4,7-8H2,1-2H3,(H,16,17)(H,18,20). The highest BCUT2D eigenvalue weighted by Crippen LogP contribution is 2.20. The van der Waals surface area contributed by atoms with E-state index in [4.69, 9.17) is 0 Å². The van der Waals surface area contributed by atoms with E-state index >= 15 is 0 Å². The third kappa shape index (κ3) is 3.70. The molecule has 0 spiro atoms. The number of hydrogen-bond donors (Lipinski definition) is 3. The number of hydrogen-bond acceptors (Lipinski definition) is 4. The van der Waals surface area contributed by atoms with Gasteiger partial charge in [0.05, 0.1) is 17.7 Å². The molecule has 20 heavy (non-hydrogen) atoms. The van der Waals surface area contributed by atoms with Gasteiger partial charge in [0, 0.05) is 12.2 Å². The molecule has 1 aliphatic rings. The van der Waals surface area contributed by atoms with Crippen LogP contribution in [-0.4, -0.2) is 34.2 Å². The van der Waals surface area contributed by atoms with Crippen LogP contribution in [-0.2, 0) is 0 Å².